The Morgan fingerprint density at radius 3 is 2.32 bits per heavy atom. The van der Waals surface area contributed by atoms with Gasteiger partial charge in [0.1, 0.15) is 0 Å². The number of ether oxygens (including phenoxy) is 1. The summed E-state index contributed by atoms with van der Waals surface area (Å²) in [5.41, 5.74) is 1.11. The molecule has 3 rings (SSSR count). The molecule has 0 bridgehead atoms. The van der Waals surface area contributed by atoms with Gasteiger partial charge in [-0.05, 0) is 24.1 Å². The summed E-state index contributed by atoms with van der Waals surface area (Å²) in [6.45, 7) is 0.370. The first-order valence-corrected chi connectivity index (χ1v) is 8.70. The van der Waals surface area contributed by atoms with E-state index in [9.17, 15) is 9.00 Å². The average molecular weight is 314 g/mol. The summed E-state index contributed by atoms with van der Waals surface area (Å²) in [5, 5.41) is 0. The van der Waals surface area contributed by atoms with Crippen molar-refractivity contribution >= 4 is 16.8 Å². The van der Waals surface area contributed by atoms with Crippen LogP contribution in [0.1, 0.15) is 5.56 Å². The van der Waals surface area contributed by atoms with Gasteiger partial charge in [0, 0.05) is 16.6 Å². The minimum Gasteiger partial charge on any atom is -0.465 e. The van der Waals surface area contributed by atoms with E-state index in [1.807, 2.05) is 60.7 Å². The summed E-state index contributed by atoms with van der Waals surface area (Å²) in [7, 11) is -1.10. The summed E-state index contributed by atoms with van der Waals surface area (Å²) in [5.74, 6) is 0.107. The van der Waals surface area contributed by atoms with Gasteiger partial charge in [-0.25, -0.2) is 0 Å². The monoisotopic (exact) mass is 314 g/mol. The molecule has 0 unspecified atom stereocenters. The molecule has 2 aromatic rings. The fourth-order valence-corrected chi connectivity index (χ4v) is 4.12. The third kappa shape index (κ3) is 3.45. The van der Waals surface area contributed by atoms with Crippen molar-refractivity contribution in [1.82, 2.24) is 0 Å². The first kappa shape index (κ1) is 15.0. The predicted molar refractivity (Wildman–Crippen MR) is 85.8 cm³/mol. The van der Waals surface area contributed by atoms with Gasteiger partial charge >= 0.3 is 5.97 Å². The zero-order valence-corrected chi connectivity index (χ0v) is 13.0. The second-order valence-corrected chi connectivity index (χ2v) is 7.01. The molecule has 1 heterocycles. The first-order valence-electron chi connectivity index (χ1n) is 7.38. The molecular formula is C18H18O3S. The largest absolute Gasteiger partial charge is 0.465 e. The van der Waals surface area contributed by atoms with Gasteiger partial charge in [0.15, 0.2) is 0 Å². The summed E-state index contributed by atoms with van der Waals surface area (Å²) in [4.78, 5) is 12.8. The van der Waals surface area contributed by atoms with Crippen LogP contribution in [-0.2, 0) is 26.8 Å². The molecule has 1 saturated heterocycles. The highest BCUT2D eigenvalue weighted by atomic mass is 32.2. The highest BCUT2D eigenvalue weighted by molar-refractivity contribution is 7.85. The lowest BCUT2D eigenvalue weighted by Gasteiger charge is -2.15. The Balaban J connectivity index is 1.70. The predicted octanol–water partition coefficient (Wildman–Crippen LogP) is 2.83. The number of carbonyl (C=O) groups excluding carboxylic acids is 1. The zero-order valence-electron chi connectivity index (χ0n) is 12.2. The van der Waals surface area contributed by atoms with Crippen LogP contribution >= 0.6 is 0 Å². The van der Waals surface area contributed by atoms with E-state index in [4.69, 9.17) is 4.74 Å². The van der Waals surface area contributed by atoms with Crippen LogP contribution in [-0.4, -0.2) is 22.5 Å². The number of esters is 1. The Kier molecular flexibility index (Phi) is 4.68. The van der Waals surface area contributed by atoms with Crippen molar-refractivity contribution < 1.29 is 13.7 Å². The van der Waals surface area contributed by atoms with Crippen LogP contribution in [0.15, 0.2) is 65.6 Å². The van der Waals surface area contributed by atoms with Crippen molar-refractivity contribution in [3.63, 3.8) is 0 Å². The molecule has 0 saturated carbocycles. The molecule has 0 aliphatic carbocycles. The normalized spacial score (nSPS) is 22.3. The van der Waals surface area contributed by atoms with E-state index in [1.165, 1.54) is 0 Å². The molecule has 0 amide bonds. The van der Waals surface area contributed by atoms with Gasteiger partial charge in [0.2, 0.25) is 0 Å². The minimum atomic E-state index is -1.10. The van der Waals surface area contributed by atoms with Crippen LogP contribution < -0.4 is 0 Å². The van der Waals surface area contributed by atoms with Crippen molar-refractivity contribution in [2.24, 2.45) is 11.8 Å². The standard InChI is InChI=1S/C18H18O3S/c19-18-17(11-14-7-3-1-4-8-14)15(12-21-18)13-22(20)16-9-5-2-6-10-16/h1-10,15,17H,11-13H2/t15-,17+,22+/m0/s1. The Morgan fingerprint density at radius 2 is 1.64 bits per heavy atom. The molecule has 2 aromatic carbocycles. The van der Waals surface area contributed by atoms with Crippen LogP contribution in [0.5, 0.6) is 0 Å². The number of benzene rings is 2. The summed E-state index contributed by atoms with van der Waals surface area (Å²) in [6, 6.07) is 19.3. The van der Waals surface area contributed by atoms with E-state index in [2.05, 4.69) is 0 Å². The third-order valence-corrected chi connectivity index (χ3v) is 5.51. The Bertz CT molecular complexity index is 655. The molecule has 0 aromatic heterocycles. The van der Waals surface area contributed by atoms with Crippen LogP contribution in [0, 0.1) is 11.8 Å². The highest BCUT2D eigenvalue weighted by Gasteiger charge is 2.37. The second kappa shape index (κ2) is 6.88. The maximum Gasteiger partial charge on any atom is 0.309 e. The molecule has 3 atom stereocenters. The maximum atomic E-state index is 12.4. The van der Waals surface area contributed by atoms with Crippen molar-refractivity contribution in [2.45, 2.75) is 11.3 Å². The molecule has 1 aliphatic heterocycles. The minimum absolute atomic E-state index is 0.00810. The molecular weight excluding hydrogens is 296 g/mol. The van der Waals surface area contributed by atoms with Gasteiger partial charge in [0.05, 0.1) is 23.3 Å². The van der Waals surface area contributed by atoms with Gasteiger partial charge < -0.3 is 4.74 Å². The molecule has 4 heteroatoms. The summed E-state index contributed by atoms with van der Waals surface area (Å²) < 4.78 is 17.7. The van der Waals surface area contributed by atoms with E-state index >= 15 is 0 Å². The maximum absolute atomic E-state index is 12.4. The average Bonchev–Trinajstić information content (AvgIpc) is 2.90. The van der Waals surface area contributed by atoms with E-state index in [1.54, 1.807) is 0 Å². The van der Waals surface area contributed by atoms with Crippen LogP contribution in [0.4, 0.5) is 0 Å². The van der Waals surface area contributed by atoms with E-state index in [0.29, 0.717) is 18.8 Å². The lowest BCUT2D eigenvalue weighted by atomic mass is 9.90. The Morgan fingerprint density at radius 1 is 1.00 bits per heavy atom. The number of rotatable bonds is 5. The van der Waals surface area contributed by atoms with Crippen molar-refractivity contribution in [3.05, 3.63) is 66.2 Å². The first-order chi connectivity index (χ1) is 10.7. The molecule has 1 aliphatic rings. The number of hydrogen-bond donors (Lipinski definition) is 0. The topological polar surface area (TPSA) is 43.4 Å². The smallest absolute Gasteiger partial charge is 0.309 e. The molecule has 0 radical (unpaired) electrons. The van der Waals surface area contributed by atoms with Crippen molar-refractivity contribution in [3.8, 4) is 0 Å². The second-order valence-electron chi connectivity index (χ2n) is 5.51. The zero-order chi connectivity index (χ0) is 15.4. The third-order valence-electron chi connectivity index (χ3n) is 3.98. The fraction of sp³-hybridized carbons (Fsp3) is 0.278. The molecule has 114 valence electrons. The van der Waals surface area contributed by atoms with Gasteiger partial charge in [-0.15, -0.1) is 0 Å². The van der Waals surface area contributed by atoms with Crippen LogP contribution in [0.2, 0.25) is 0 Å². The SMILES string of the molecule is O=C1OC[C@@H](C[S@@](=O)c2ccccc2)[C@H]1Cc1ccccc1. The van der Waals surface area contributed by atoms with Gasteiger partial charge in [0.25, 0.3) is 0 Å². The molecule has 3 nitrogen and oxygen atoms in total. The number of cyclic esters (lactones) is 1. The van der Waals surface area contributed by atoms with Crippen molar-refractivity contribution in [1.29, 1.82) is 0 Å². The van der Waals surface area contributed by atoms with E-state index < -0.39 is 10.8 Å². The van der Waals surface area contributed by atoms with Crippen LogP contribution in [0.3, 0.4) is 0 Å². The molecule has 0 N–H and O–H groups in total. The molecule has 1 fully saturated rings. The van der Waals surface area contributed by atoms with Crippen molar-refractivity contribution in [2.75, 3.05) is 12.4 Å². The fourth-order valence-electron chi connectivity index (χ4n) is 2.75. The lowest BCUT2D eigenvalue weighted by Crippen LogP contribution is -2.23. The van der Waals surface area contributed by atoms with Gasteiger partial charge in [-0.3, -0.25) is 9.00 Å². The number of hydrogen-bond acceptors (Lipinski definition) is 3. The molecule has 22 heavy (non-hydrogen) atoms. The lowest BCUT2D eigenvalue weighted by molar-refractivity contribution is -0.141. The van der Waals surface area contributed by atoms with Gasteiger partial charge in [-0.1, -0.05) is 48.5 Å². The Hall–Kier alpha value is -1.94. The quantitative estimate of drug-likeness (QED) is 0.797. The van der Waals surface area contributed by atoms with Crippen LogP contribution in [0.25, 0.3) is 0 Å². The molecule has 0 spiro atoms. The Labute approximate surface area is 132 Å². The number of carbonyl (C=O) groups is 1. The summed E-state index contributed by atoms with van der Waals surface area (Å²) in [6.07, 6.45) is 0.649. The van der Waals surface area contributed by atoms with E-state index in [0.717, 1.165) is 10.5 Å². The van der Waals surface area contributed by atoms with E-state index in [-0.39, 0.29) is 17.8 Å². The van der Waals surface area contributed by atoms with Gasteiger partial charge in [-0.2, -0.15) is 0 Å². The summed E-state index contributed by atoms with van der Waals surface area (Å²) >= 11 is 0. The highest BCUT2D eigenvalue weighted by Crippen LogP contribution is 2.28.